The van der Waals surface area contributed by atoms with Crippen molar-refractivity contribution in [2.75, 3.05) is 24.4 Å². The summed E-state index contributed by atoms with van der Waals surface area (Å²) in [6.45, 7) is 9.00. The normalized spacial score (nSPS) is 17.2. The Kier molecular flexibility index (Phi) is 8.32. The summed E-state index contributed by atoms with van der Waals surface area (Å²) in [6.07, 6.45) is 5.89. The molecule has 1 atom stereocenters. The molecule has 6 nitrogen and oxygen atoms in total. The van der Waals surface area contributed by atoms with E-state index >= 15 is 0 Å². The Morgan fingerprint density at radius 2 is 1.81 bits per heavy atom. The predicted octanol–water partition coefficient (Wildman–Crippen LogP) is 4.49. The monoisotopic (exact) mass is 457 g/mol. The van der Waals surface area contributed by atoms with Crippen molar-refractivity contribution in [3.05, 3.63) is 59.2 Å². The Labute approximate surface area is 192 Å². The summed E-state index contributed by atoms with van der Waals surface area (Å²) in [5.74, 6) is -0.178. The number of amides is 1. The number of piperidine rings is 1. The van der Waals surface area contributed by atoms with Gasteiger partial charge in [-0.1, -0.05) is 18.6 Å². The summed E-state index contributed by atoms with van der Waals surface area (Å²) >= 11 is 0. The van der Waals surface area contributed by atoms with Gasteiger partial charge in [-0.05, 0) is 101 Å². The summed E-state index contributed by atoms with van der Waals surface area (Å²) in [5.41, 5.74) is 2.93. The van der Waals surface area contributed by atoms with Gasteiger partial charge in [0.1, 0.15) is 0 Å². The molecule has 0 bridgehead atoms. The van der Waals surface area contributed by atoms with Crippen molar-refractivity contribution in [1.29, 1.82) is 0 Å². The largest absolute Gasteiger partial charge is 0.352 e. The zero-order valence-corrected chi connectivity index (χ0v) is 20.2. The highest BCUT2D eigenvalue weighted by Gasteiger charge is 2.18. The molecule has 1 aliphatic heterocycles. The highest BCUT2D eigenvalue weighted by atomic mass is 32.2. The second-order valence-electron chi connectivity index (χ2n) is 8.72. The Hall–Kier alpha value is -2.38. The molecule has 32 heavy (non-hydrogen) atoms. The van der Waals surface area contributed by atoms with Crippen LogP contribution in [0.15, 0.2) is 47.4 Å². The molecule has 1 unspecified atom stereocenters. The Morgan fingerprint density at radius 1 is 1.06 bits per heavy atom. The molecule has 2 aromatic carbocycles. The molecular weight excluding hydrogens is 422 g/mol. The van der Waals surface area contributed by atoms with E-state index in [4.69, 9.17) is 0 Å². The molecule has 1 fully saturated rings. The van der Waals surface area contributed by atoms with Crippen molar-refractivity contribution in [3.8, 4) is 0 Å². The summed E-state index contributed by atoms with van der Waals surface area (Å²) in [4.78, 5) is 15.1. The van der Waals surface area contributed by atoms with E-state index in [9.17, 15) is 13.2 Å². The summed E-state index contributed by atoms with van der Waals surface area (Å²) < 4.78 is 28.1. The molecule has 174 valence electrons. The lowest BCUT2D eigenvalue weighted by atomic mass is 10.0. The molecule has 1 amide bonds. The van der Waals surface area contributed by atoms with Gasteiger partial charge >= 0.3 is 0 Å². The van der Waals surface area contributed by atoms with Crippen molar-refractivity contribution in [2.24, 2.45) is 0 Å². The Morgan fingerprint density at radius 3 is 2.53 bits per heavy atom. The van der Waals surface area contributed by atoms with Gasteiger partial charge in [-0.2, -0.15) is 0 Å². The van der Waals surface area contributed by atoms with Crippen molar-refractivity contribution < 1.29 is 13.2 Å². The molecule has 1 heterocycles. The number of nitrogens with one attached hydrogen (secondary N) is 2. The van der Waals surface area contributed by atoms with Crippen LogP contribution in [0.25, 0.3) is 0 Å². The number of sulfonamides is 1. The van der Waals surface area contributed by atoms with E-state index in [-0.39, 0.29) is 10.8 Å². The number of nitrogens with zero attached hydrogens (tertiary/aromatic N) is 1. The van der Waals surface area contributed by atoms with E-state index in [0.29, 0.717) is 23.8 Å². The van der Waals surface area contributed by atoms with Crippen molar-refractivity contribution >= 4 is 21.6 Å². The van der Waals surface area contributed by atoms with Crippen LogP contribution in [0.4, 0.5) is 5.69 Å². The van der Waals surface area contributed by atoms with E-state index in [0.717, 1.165) is 30.5 Å². The van der Waals surface area contributed by atoms with Crippen LogP contribution >= 0.6 is 0 Å². The van der Waals surface area contributed by atoms with Crippen LogP contribution in [0.5, 0.6) is 0 Å². The van der Waals surface area contributed by atoms with Gasteiger partial charge in [0, 0.05) is 18.2 Å². The number of carbonyl (C=O) groups excluding carboxylic acids is 1. The maximum atomic E-state index is 12.7. The molecule has 2 N–H and O–H groups in total. The fourth-order valence-electron chi connectivity index (χ4n) is 4.08. The number of anilines is 1. The van der Waals surface area contributed by atoms with E-state index in [1.807, 2.05) is 26.0 Å². The first-order chi connectivity index (χ1) is 15.3. The first kappa shape index (κ1) is 24.3. The number of rotatable bonds is 9. The van der Waals surface area contributed by atoms with Gasteiger partial charge in [0.2, 0.25) is 0 Å². The second-order valence-corrected chi connectivity index (χ2v) is 10.4. The minimum Gasteiger partial charge on any atom is -0.352 e. The lowest BCUT2D eigenvalue weighted by Gasteiger charge is -2.33. The number of unbranched alkanes of at least 4 members (excludes halogenated alkanes) is 1. The first-order valence-electron chi connectivity index (χ1n) is 11.5. The lowest BCUT2D eigenvalue weighted by molar-refractivity contribution is 0.0951. The van der Waals surface area contributed by atoms with Gasteiger partial charge in [0.25, 0.3) is 15.9 Å². The van der Waals surface area contributed by atoms with Gasteiger partial charge in [0.05, 0.1) is 10.6 Å². The molecule has 3 rings (SSSR count). The molecule has 0 spiro atoms. The number of carbonyl (C=O) groups is 1. The van der Waals surface area contributed by atoms with E-state index in [1.54, 1.807) is 18.2 Å². The summed E-state index contributed by atoms with van der Waals surface area (Å²) in [6, 6.07) is 12.2. The molecule has 0 aliphatic carbocycles. The van der Waals surface area contributed by atoms with Gasteiger partial charge < -0.3 is 10.2 Å². The number of aryl methyl sites for hydroxylation is 1. The second kappa shape index (κ2) is 11.0. The highest BCUT2D eigenvalue weighted by Crippen LogP contribution is 2.22. The smallest absolute Gasteiger partial charge is 0.261 e. The molecule has 2 aromatic rings. The molecule has 0 saturated carbocycles. The topological polar surface area (TPSA) is 78.5 Å². The van der Waals surface area contributed by atoms with Crippen LogP contribution in [0.1, 0.15) is 60.5 Å². The van der Waals surface area contributed by atoms with Gasteiger partial charge in [-0.25, -0.2) is 8.42 Å². The summed E-state index contributed by atoms with van der Waals surface area (Å²) in [5, 5.41) is 2.94. The molecule has 1 saturated heterocycles. The molecule has 0 radical (unpaired) electrons. The minimum absolute atomic E-state index is 0.130. The zero-order chi connectivity index (χ0) is 23.1. The quantitative estimate of drug-likeness (QED) is 0.544. The standard InChI is InChI=1S/C25H35N3O3S/c1-19-9-8-11-24(21(19)3)27-32(30,31)23-14-12-22(13-15-23)25(29)26-16-5-7-18-28-17-6-4-10-20(28)2/h8-9,11-15,20,27H,4-7,10,16-18H2,1-3H3,(H,26,29). The van der Waals surface area contributed by atoms with Gasteiger partial charge in [-0.15, -0.1) is 0 Å². The maximum absolute atomic E-state index is 12.7. The third-order valence-corrected chi connectivity index (χ3v) is 7.76. The lowest BCUT2D eigenvalue weighted by Crippen LogP contribution is -2.38. The summed E-state index contributed by atoms with van der Waals surface area (Å²) in [7, 11) is -3.72. The van der Waals surface area contributed by atoms with Crippen LogP contribution in [0.3, 0.4) is 0 Å². The van der Waals surface area contributed by atoms with Crippen LogP contribution in [0, 0.1) is 13.8 Å². The average molecular weight is 458 g/mol. The zero-order valence-electron chi connectivity index (χ0n) is 19.4. The van der Waals surface area contributed by atoms with E-state index in [1.165, 1.54) is 37.9 Å². The molecule has 7 heteroatoms. The number of hydrogen-bond donors (Lipinski definition) is 2. The van der Waals surface area contributed by atoms with Crippen LogP contribution in [0.2, 0.25) is 0 Å². The van der Waals surface area contributed by atoms with Crippen LogP contribution < -0.4 is 10.0 Å². The van der Waals surface area contributed by atoms with Crippen LogP contribution in [-0.2, 0) is 10.0 Å². The average Bonchev–Trinajstić information content (AvgIpc) is 2.78. The SMILES string of the molecule is Cc1cccc(NS(=O)(=O)c2ccc(C(=O)NCCCCN3CCCCC3C)cc2)c1C. The van der Waals surface area contributed by atoms with Crippen molar-refractivity contribution in [2.45, 2.75) is 63.8 Å². The predicted molar refractivity (Wildman–Crippen MR) is 130 cm³/mol. The molecule has 1 aliphatic rings. The fourth-order valence-corrected chi connectivity index (χ4v) is 5.21. The third-order valence-electron chi connectivity index (χ3n) is 6.37. The molecular formula is C25H35N3O3S. The van der Waals surface area contributed by atoms with Gasteiger partial charge in [0.15, 0.2) is 0 Å². The number of likely N-dealkylation sites (tertiary alicyclic amines) is 1. The number of benzene rings is 2. The minimum atomic E-state index is -3.72. The number of hydrogen-bond acceptors (Lipinski definition) is 4. The van der Waals surface area contributed by atoms with E-state index < -0.39 is 10.0 Å². The van der Waals surface area contributed by atoms with E-state index in [2.05, 4.69) is 21.9 Å². The fraction of sp³-hybridized carbons (Fsp3) is 0.480. The Balaban J connectivity index is 1.48. The highest BCUT2D eigenvalue weighted by molar-refractivity contribution is 7.92. The maximum Gasteiger partial charge on any atom is 0.261 e. The van der Waals surface area contributed by atoms with Crippen molar-refractivity contribution in [1.82, 2.24) is 10.2 Å². The third kappa shape index (κ3) is 6.33. The van der Waals surface area contributed by atoms with Crippen LogP contribution in [-0.4, -0.2) is 44.9 Å². The molecule has 0 aromatic heterocycles. The van der Waals surface area contributed by atoms with Crippen molar-refractivity contribution in [3.63, 3.8) is 0 Å². The Bertz CT molecular complexity index is 1020. The van der Waals surface area contributed by atoms with Gasteiger partial charge in [-0.3, -0.25) is 9.52 Å². The first-order valence-corrected chi connectivity index (χ1v) is 13.0.